The van der Waals surface area contributed by atoms with Crippen LogP contribution in [0, 0.1) is 17.8 Å². The zero-order valence-electron chi connectivity index (χ0n) is 43.6. The predicted molar refractivity (Wildman–Crippen MR) is 281 cm³/mol. The Labute approximate surface area is 439 Å². The Morgan fingerprint density at radius 1 is 0.867 bits per heavy atom. The van der Waals surface area contributed by atoms with Crippen LogP contribution in [0.3, 0.4) is 0 Å². The summed E-state index contributed by atoms with van der Waals surface area (Å²) in [5.74, 6) is -0.0508. The number of methoxy groups -OCH3 is 2. The first-order valence-electron chi connectivity index (χ1n) is 25.8. The van der Waals surface area contributed by atoms with Gasteiger partial charge in [-0.1, -0.05) is 66.5 Å². The average molecular weight is 1030 g/mol. The van der Waals surface area contributed by atoms with Gasteiger partial charge in [0.1, 0.15) is 41.2 Å². The van der Waals surface area contributed by atoms with Crippen molar-refractivity contribution in [2.45, 2.75) is 102 Å². The molecule has 6 atom stereocenters. The zero-order valence-corrected chi connectivity index (χ0v) is 43.6. The fraction of sp³-hybridized carbons (Fsp3) is 0.466. The van der Waals surface area contributed by atoms with E-state index in [-0.39, 0.29) is 70.4 Å². The highest BCUT2D eigenvalue weighted by Gasteiger charge is 2.66. The number of aliphatic hydroxyl groups excluding tert-OH is 2. The molecule has 0 unspecified atom stereocenters. The Morgan fingerprint density at radius 3 is 2.37 bits per heavy atom. The van der Waals surface area contributed by atoms with Crippen LogP contribution in [0.5, 0.6) is 34.5 Å². The van der Waals surface area contributed by atoms with Gasteiger partial charge in [-0.2, -0.15) is 0 Å². The third kappa shape index (κ3) is 13.0. The van der Waals surface area contributed by atoms with Crippen molar-refractivity contribution in [2.75, 3.05) is 59.4 Å². The molecular formula is C58H71N3O14. The Balaban J connectivity index is 1.26. The van der Waals surface area contributed by atoms with Crippen LogP contribution in [-0.4, -0.2) is 104 Å². The SMILES string of the molecule is C=CCO[C@@]12Oc3ccc(OC(=O)Nc4ccc(OC)cc4OC)cc3[C@H]3[C@H](CCCCO)[C@@H](CCCCO)C=C(C(=NOC(C)(C)C)C[C@@H]1N(Cc1ccc4c(c1)OCO4)C(=O)OCCOCc1ccccc1)[C@H]32. The van der Waals surface area contributed by atoms with E-state index in [1.54, 1.807) is 48.4 Å². The first-order valence-corrected chi connectivity index (χ1v) is 25.8. The summed E-state index contributed by atoms with van der Waals surface area (Å²) in [5.41, 5.74) is 3.61. The summed E-state index contributed by atoms with van der Waals surface area (Å²) in [4.78, 5) is 36.9. The third-order valence-electron chi connectivity index (χ3n) is 13.9. The molecule has 4 aromatic rings. The van der Waals surface area contributed by atoms with Gasteiger partial charge >= 0.3 is 12.2 Å². The molecule has 75 heavy (non-hydrogen) atoms. The second-order valence-electron chi connectivity index (χ2n) is 20.0. The highest BCUT2D eigenvalue weighted by atomic mass is 16.7. The lowest BCUT2D eigenvalue weighted by Crippen LogP contribution is -2.70. The van der Waals surface area contributed by atoms with Crippen LogP contribution in [0.25, 0.3) is 0 Å². The maximum atomic E-state index is 15.2. The maximum absolute atomic E-state index is 15.2. The number of hydrogen-bond acceptors (Lipinski definition) is 15. The van der Waals surface area contributed by atoms with Gasteiger partial charge < -0.3 is 57.7 Å². The van der Waals surface area contributed by atoms with Crippen molar-refractivity contribution in [3.05, 3.63) is 126 Å². The minimum Gasteiger partial charge on any atom is -0.497 e. The number of amides is 2. The van der Waals surface area contributed by atoms with Gasteiger partial charge in [0.15, 0.2) is 11.5 Å². The van der Waals surface area contributed by atoms with Gasteiger partial charge in [-0.15, -0.1) is 6.58 Å². The van der Waals surface area contributed by atoms with Gasteiger partial charge in [0.2, 0.25) is 12.6 Å². The van der Waals surface area contributed by atoms with Gasteiger partial charge in [-0.05, 0) is 117 Å². The number of nitrogens with zero attached hydrogens (tertiary/aromatic N) is 2. The van der Waals surface area contributed by atoms with Crippen LogP contribution in [0.15, 0.2) is 114 Å². The summed E-state index contributed by atoms with van der Waals surface area (Å²) in [6.07, 6.45) is 6.72. The third-order valence-corrected chi connectivity index (χ3v) is 13.9. The predicted octanol–water partition coefficient (Wildman–Crippen LogP) is 10.3. The number of allylic oxidation sites excluding steroid dienone is 1. The molecule has 4 aliphatic rings. The van der Waals surface area contributed by atoms with E-state index in [0.717, 1.165) is 35.1 Å². The number of nitrogens with one attached hydrogen (secondary N) is 1. The van der Waals surface area contributed by atoms with E-state index >= 15 is 4.79 Å². The van der Waals surface area contributed by atoms with E-state index in [2.05, 4.69) is 18.0 Å². The van der Waals surface area contributed by atoms with Crippen molar-refractivity contribution in [3.63, 3.8) is 0 Å². The van der Waals surface area contributed by atoms with Crippen LogP contribution >= 0.6 is 0 Å². The van der Waals surface area contributed by atoms with Gasteiger partial charge in [0, 0.05) is 43.7 Å². The molecular weight excluding hydrogens is 963 g/mol. The largest absolute Gasteiger partial charge is 0.497 e. The number of ether oxygens (including phenoxy) is 9. The fourth-order valence-corrected chi connectivity index (χ4v) is 10.6. The van der Waals surface area contributed by atoms with Crippen LogP contribution in [0.2, 0.25) is 0 Å². The van der Waals surface area contributed by atoms with Gasteiger partial charge in [0.25, 0.3) is 0 Å². The summed E-state index contributed by atoms with van der Waals surface area (Å²) < 4.78 is 55.2. The topological polar surface area (TPSA) is 195 Å². The lowest BCUT2D eigenvalue weighted by molar-refractivity contribution is -0.256. The molecule has 1 saturated carbocycles. The van der Waals surface area contributed by atoms with Gasteiger partial charge in [-0.25, -0.2) is 9.59 Å². The Hall–Kier alpha value is -6.79. The van der Waals surface area contributed by atoms with Crippen LogP contribution < -0.4 is 33.7 Å². The molecule has 0 radical (unpaired) electrons. The van der Waals surface area contributed by atoms with Crippen molar-refractivity contribution in [3.8, 4) is 34.5 Å². The molecule has 17 nitrogen and oxygen atoms in total. The van der Waals surface area contributed by atoms with Crippen LogP contribution in [0.1, 0.15) is 88.3 Å². The van der Waals surface area contributed by atoms with E-state index in [0.29, 0.717) is 72.4 Å². The number of unbranched alkanes of at least 4 members (excludes halogenated alkanes) is 2. The summed E-state index contributed by atoms with van der Waals surface area (Å²) >= 11 is 0. The van der Waals surface area contributed by atoms with Crippen molar-refractivity contribution in [1.82, 2.24) is 4.90 Å². The summed E-state index contributed by atoms with van der Waals surface area (Å²) in [6.45, 7) is 10.5. The van der Waals surface area contributed by atoms with Crippen molar-refractivity contribution >= 4 is 23.6 Å². The Kier molecular flexibility index (Phi) is 18.3. The molecule has 2 aliphatic heterocycles. The Morgan fingerprint density at radius 2 is 1.63 bits per heavy atom. The molecule has 1 fully saturated rings. The van der Waals surface area contributed by atoms with E-state index in [4.69, 9.17) is 52.6 Å². The second-order valence-corrected chi connectivity index (χ2v) is 20.0. The number of oxime groups is 1. The quantitative estimate of drug-likeness (QED) is 0.0341. The molecule has 4 aromatic carbocycles. The molecule has 2 amide bonds. The summed E-state index contributed by atoms with van der Waals surface area (Å²) in [6, 6.07) is 24.7. The highest BCUT2D eigenvalue weighted by Crippen LogP contribution is 2.62. The van der Waals surface area contributed by atoms with Crippen LogP contribution in [0.4, 0.5) is 15.3 Å². The van der Waals surface area contributed by atoms with Crippen molar-refractivity contribution < 1.29 is 67.3 Å². The molecule has 8 rings (SSSR count). The first kappa shape index (κ1) is 54.5. The number of aliphatic hydroxyl groups is 2. The highest BCUT2D eigenvalue weighted by molar-refractivity contribution is 6.03. The minimum atomic E-state index is -1.62. The van der Waals surface area contributed by atoms with E-state index in [1.165, 1.54) is 7.11 Å². The number of hydrogen-bond donors (Lipinski definition) is 3. The molecule has 0 spiro atoms. The van der Waals surface area contributed by atoms with Gasteiger partial charge in [0.05, 0.1) is 51.4 Å². The molecule has 17 heteroatoms. The Bertz CT molecular complexity index is 2650. The maximum Gasteiger partial charge on any atom is 0.417 e. The number of benzene rings is 4. The average Bonchev–Trinajstić information content (AvgIpc) is 3.89. The molecule has 2 heterocycles. The standard InChI is InChI=1S/C58H71N3O14/c1-7-27-72-58-52(61(35-39-19-23-49-51(30-39)71-37-70-49)56(65)69-29-28-68-36-38-15-9-8-10-16-38)34-47(60-75-57(2,3)4)44-31-40(17-11-13-25-62)43(18-12-14-26-63)53(54(44)58)45-32-42(21-24-48(45)74-58)73-55(64)59-46-22-20-41(66-5)33-50(46)67-6/h7-10,15-16,19-24,30-33,40,43,52-54,62-63H,1,11-14,17-18,25-29,34-37H2,2-6H3,(H,59,64)/t40-,43+,52-,53+,54+,58+/m0/s1. The van der Waals surface area contributed by atoms with Crippen LogP contribution in [-0.2, 0) is 32.2 Å². The molecule has 402 valence electrons. The monoisotopic (exact) mass is 1030 g/mol. The minimum absolute atomic E-state index is 0.0203. The second kappa shape index (κ2) is 25.2. The van der Waals surface area contributed by atoms with E-state index in [1.807, 2.05) is 75.4 Å². The number of carbonyl (C=O) groups excluding carboxylic acids is 2. The lowest BCUT2D eigenvalue weighted by atomic mass is 9.55. The lowest BCUT2D eigenvalue weighted by Gasteiger charge is -2.60. The fourth-order valence-electron chi connectivity index (χ4n) is 10.6. The summed E-state index contributed by atoms with van der Waals surface area (Å²) in [5, 5.41) is 27.9. The van der Waals surface area contributed by atoms with Gasteiger partial charge in [-0.3, -0.25) is 10.2 Å². The van der Waals surface area contributed by atoms with Crippen molar-refractivity contribution in [2.24, 2.45) is 22.9 Å². The number of carbonyl (C=O) groups is 2. The molecule has 0 saturated heterocycles. The smallest absolute Gasteiger partial charge is 0.417 e. The van der Waals surface area contributed by atoms with E-state index < -0.39 is 41.5 Å². The molecule has 0 bridgehead atoms. The number of fused-ring (bicyclic) bond motifs is 3. The van der Waals surface area contributed by atoms with E-state index in [9.17, 15) is 15.0 Å². The number of anilines is 1. The molecule has 0 aromatic heterocycles. The first-order chi connectivity index (χ1) is 36.4. The molecule has 2 aliphatic carbocycles. The normalized spacial score (nSPS) is 21.7. The zero-order chi connectivity index (χ0) is 53.0. The number of rotatable bonds is 24. The summed E-state index contributed by atoms with van der Waals surface area (Å²) in [7, 11) is 3.04. The van der Waals surface area contributed by atoms with Crippen molar-refractivity contribution in [1.29, 1.82) is 0 Å². The molecule has 3 N–H and O–H groups in total.